The molecule has 35 heavy (non-hydrogen) atoms. The summed E-state index contributed by atoms with van der Waals surface area (Å²) in [5.41, 5.74) is 8.57. The van der Waals surface area contributed by atoms with E-state index in [-0.39, 0.29) is 29.9 Å². The molecule has 0 radical (unpaired) electrons. The van der Waals surface area contributed by atoms with Crippen LogP contribution >= 0.6 is 11.3 Å². The van der Waals surface area contributed by atoms with E-state index in [1.165, 1.54) is 22.5 Å². The van der Waals surface area contributed by atoms with Gasteiger partial charge in [0.25, 0.3) is 5.91 Å². The molecule has 1 aliphatic heterocycles. The van der Waals surface area contributed by atoms with Crippen molar-refractivity contribution in [2.75, 3.05) is 13.1 Å². The first kappa shape index (κ1) is 25.9. The number of aryl methyl sites for hydroxylation is 1. The highest BCUT2D eigenvalue weighted by Crippen LogP contribution is 2.28. The molecule has 6 nitrogen and oxygen atoms in total. The van der Waals surface area contributed by atoms with Gasteiger partial charge < -0.3 is 16.0 Å². The largest absolute Gasteiger partial charge is 0.352 e. The SMILES string of the molecule is Cc1ccc(CN(CC(C)C)C2CC(C(=O)NC3CCC(N)CC3)N(C(=O)c3cccs3)C2)cc1. The van der Waals surface area contributed by atoms with Crippen LogP contribution in [0.1, 0.15) is 66.8 Å². The van der Waals surface area contributed by atoms with Gasteiger partial charge in [0.1, 0.15) is 6.04 Å². The lowest BCUT2D eigenvalue weighted by Crippen LogP contribution is -2.50. The molecule has 3 N–H and O–H groups in total. The van der Waals surface area contributed by atoms with Crippen molar-refractivity contribution in [3.8, 4) is 0 Å². The van der Waals surface area contributed by atoms with E-state index in [2.05, 4.69) is 55.3 Å². The maximum atomic E-state index is 13.5. The zero-order valence-corrected chi connectivity index (χ0v) is 22.1. The maximum Gasteiger partial charge on any atom is 0.264 e. The van der Waals surface area contributed by atoms with Crippen molar-refractivity contribution in [1.82, 2.24) is 15.1 Å². The molecule has 2 amide bonds. The molecule has 2 unspecified atom stereocenters. The lowest BCUT2D eigenvalue weighted by Gasteiger charge is -2.30. The lowest BCUT2D eigenvalue weighted by atomic mass is 9.91. The number of benzene rings is 1. The molecule has 190 valence electrons. The van der Waals surface area contributed by atoms with Crippen LogP contribution in [-0.2, 0) is 11.3 Å². The minimum Gasteiger partial charge on any atom is -0.352 e. The van der Waals surface area contributed by atoms with Crippen molar-refractivity contribution in [1.29, 1.82) is 0 Å². The molecule has 2 aromatic rings. The molecule has 0 bridgehead atoms. The fourth-order valence-corrected chi connectivity index (χ4v) is 6.07. The summed E-state index contributed by atoms with van der Waals surface area (Å²) in [6, 6.07) is 12.5. The molecule has 1 aromatic carbocycles. The Kier molecular flexibility index (Phi) is 8.63. The molecule has 2 aliphatic rings. The van der Waals surface area contributed by atoms with Crippen LogP contribution in [0.4, 0.5) is 0 Å². The maximum absolute atomic E-state index is 13.5. The topological polar surface area (TPSA) is 78.7 Å². The molecule has 2 fully saturated rings. The molecule has 7 heteroatoms. The van der Waals surface area contributed by atoms with E-state index in [0.717, 1.165) is 38.8 Å². The normalized spacial score (nSPS) is 24.8. The summed E-state index contributed by atoms with van der Waals surface area (Å²) in [5.74, 6) is 0.437. The molecular weight excluding hydrogens is 456 g/mol. The molecule has 1 saturated carbocycles. The van der Waals surface area contributed by atoms with E-state index in [0.29, 0.717) is 23.8 Å². The smallest absolute Gasteiger partial charge is 0.264 e. The number of hydrogen-bond acceptors (Lipinski definition) is 5. The average molecular weight is 497 g/mol. The highest BCUT2D eigenvalue weighted by atomic mass is 32.1. The highest BCUT2D eigenvalue weighted by molar-refractivity contribution is 7.12. The first-order valence-electron chi connectivity index (χ1n) is 13.0. The van der Waals surface area contributed by atoms with Crippen molar-refractivity contribution in [2.24, 2.45) is 11.7 Å². The van der Waals surface area contributed by atoms with Crippen molar-refractivity contribution in [3.05, 3.63) is 57.8 Å². The Morgan fingerprint density at radius 1 is 1.14 bits per heavy atom. The third-order valence-electron chi connectivity index (χ3n) is 7.32. The van der Waals surface area contributed by atoms with Crippen LogP contribution in [0.2, 0.25) is 0 Å². The Bertz CT molecular complexity index is 967. The third kappa shape index (κ3) is 6.72. The summed E-state index contributed by atoms with van der Waals surface area (Å²) in [4.78, 5) is 32.0. The summed E-state index contributed by atoms with van der Waals surface area (Å²) >= 11 is 1.44. The first-order chi connectivity index (χ1) is 16.8. The number of nitrogens with one attached hydrogen (secondary N) is 1. The average Bonchev–Trinajstić information content (AvgIpc) is 3.51. The Morgan fingerprint density at radius 3 is 2.49 bits per heavy atom. The molecule has 2 heterocycles. The van der Waals surface area contributed by atoms with Gasteiger partial charge in [-0.05, 0) is 62.0 Å². The summed E-state index contributed by atoms with van der Waals surface area (Å²) < 4.78 is 0. The Balaban J connectivity index is 1.53. The second-order valence-corrected chi connectivity index (χ2v) is 11.7. The molecule has 1 aromatic heterocycles. The fraction of sp³-hybridized carbons (Fsp3) is 0.571. The van der Waals surface area contributed by atoms with Crippen molar-refractivity contribution in [3.63, 3.8) is 0 Å². The van der Waals surface area contributed by atoms with Crippen LogP contribution in [0.25, 0.3) is 0 Å². The zero-order valence-electron chi connectivity index (χ0n) is 21.3. The number of likely N-dealkylation sites (tertiary alicyclic amines) is 1. The number of carbonyl (C=O) groups excluding carboxylic acids is 2. The van der Waals surface area contributed by atoms with E-state index in [9.17, 15) is 9.59 Å². The van der Waals surface area contributed by atoms with Gasteiger partial charge in [0.15, 0.2) is 0 Å². The minimum atomic E-state index is -0.446. The molecular formula is C28H40N4O2S. The Morgan fingerprint density at radius 2 is 1.86 bits per heavy atom. The van der Waals surface area contributed by atoms with Crippen LogP contribution in [0.5, 0.6) is 0 Å². The van der Waals surface area contributed by atoms with E-state index < -0.39 is 6.04 Å². The number of amides is 2. The van der Waals surface area contributed by atoms with Crippen LogP contribution < -0.4 is 11.1 Å². The Hall–Kier alpha value is -2.22. The van der Waals surface area contributed by atoms with Crippen molar-refractivity contribution < 1.29 is 9.59 Å². The van der Waals surface area contributed by atoms with Crippen molar-refractivity contribution >= 4 is 23.2 Å². The predicted octanol–water partition coefficient (Wildman–Crippen LogP) is 4.18. The zero-order chi connectivity index (χ0) is 24.9. The molecule has 4 rings (SSSR count). The van der Waals surface area contributed by atoms with Crippen molar-refractivity contribution in [2.45, 2.75) is 83.6 Å². The van der Waals surface area contributed by atoms with E-state index in [1.54, 1.807) is 0 Å². The molecule has 0 spiro atoms. The summed E-state index contributed by atoms with van der Waals surface area (Å²) in [6.07, 6.45) is 4.36. The van der Waals surface area contributed by atoms with Crippen LogP contribution in [0.3, 0.4) is 0 Å². The Labute approximate surface area is 213 Å². The highest BCUT2D eigenvalue weighted by Gasteiger charge is 2.43. The predicted molar refractivity (Wildman–Crippen MR) is 142 cm³/mol. The lowest BCUT2D eigenvalue weighted by molar-refractivity contribution is -0.125. The second kappa shape index (κ2) is 11.7. The van der Waals surface area contributed by atoms with Gasteiger partial charge in [-0.25, -0.2) is 0 Å². The van der Waals surface area contributed by atoms with E-state index in [4.69, 9.17) is 5.73 Å². The minimum absolute atomic E-state index is 0.0160. The van der Waals surface area contributed by atoms with Gasteiger partial charge in [-0.1, -0.05) is 49.7 Å². The quantitative estimate of drug-likeness (QED) is 0.575. The molecule has 1 saturated heterocycles. The van der Waals surface area contributed by atoms with Crippen LogP contribution in [-0.4, -0.2) is 58.9 Å². The van der Waals surface area contributed by atoms with Crippen LogP contribution in [0, 0.1) is 12.8 Å². The first-order valence-corrected chi connectivity index (χ1v) is 13.9. The molecule has 2 atom stereocenters. The molecule has 1 aliphatic carbocycles. The van der Waals surface area contributed by atoms with Gasteiger partial charge in [0.2, 0.25) is 5.91 Å². The summed E-state index contributed by atoms with van der Waals surface area (Å²) in [7, 11) is 0. The standard InChI is InChI=1S/C28H40N4O2S/c1-19(2)16-31(17-21-8-6-20(3)7-9-21)24-15-25(27(33)30-23-12-10-22(29)11-13-23)32(18-24)28(34)26-5-4-14-35-26/h4-9,14,19,22-25H,10-13,15-18,29H2,1-3H3,(H,30,33). The number of rotatable bonds is 8. The van der Waals surface area contributed by atoms with Gasteiger partial charge in [-0.15, -0.1) is 11.3 Å². The van der Waals surface area contributed by atoms with E-state index in [1.807, 2.05) is 22.4 Å². The third-order valence-corrected chi connectivity index (χ3v) is 8.17. The monoisotopic (exact) mass is 496 g/mol. The summed E-state index contributed by atoms with van der Waals surface area (Å²) in [6.45, 7) is 8.87. The van der Waals surface area contributed by atoms with Crippen LogP contribution in [0.15, 0.2) is 41.8 Å². The van der Waals surface area contributed by atoms with Gasteiger partial charge >= 0.3 is 0 Å². The number of hydrogen-bond donors (Lipinski definition) is 2. The second-order valence-electron chi connectivity index (χ2n) is 10.8. The van der Waals surface area contributed by atoms with Gasteiger partial charge in [0.05, 0.1) is 4.88 Å². The number of nitrogens with zero attached hydrogens (tertiary/aromatic N) is 2. The summed E-state index contributed by atoms with van der Waals surface area (Å²) in [5, 5.41) is 5.18. The van der Waals surface area contributed by atoms with E-state index >= 15 is 0 Å². The fourth-order valence-electron chi connectivity index (χ4n) is 5.39. The number of thiophene rings is 1. The number of nitrogens with two attached hydrogens (primary N) is 1. The number of carbonyl (C=O) groups is 2. The van der Waals surface area contributed by atoms with Gasteiger partial charge in [-0.3, -0.25) is 14.5 Å². The van der Waals surface area contributed by atoms with Gasteiger partial charge in [-0.2, -0.15) is 0 Å². The van der Waals surface area contributed by atoms with Gasteiger partial charge in [0, 0.05) is 37.8 Å².